The Bertz CT molecular complexity index is 1070. The van der Waals surface area contributed by atoms with Gasteiger partial charge in [-0.2, -0.15) is 0 Å². The number of fused-ring (bicyclic) bond motifs is 1. The Hall–Kier alpha value is -2.93. The quantitative estimate of drug-likeness (QED) is 0.728. The van der Waals surface area contributed by atoms with Gasteiger partial charge in [0.25, 0.3) is 0 Å². The molecule has 4 atom stereocenters. The van der Waals surface area contributed by atoms with Gasteiger partial charge in [-0.15, -0.1) is 0 Å². The lowest BCUT2D eigenvalue weighted by molar-refractivity contribution is -0.139. The third-order valence-electron chi connectivity index (χ3n) is 6.63. The van der Waals surface area contributed by atoms with E-state index in [-0.39, 0.29) is 17.9 Å². The molecule has 2 unspecified atom stereocenters. The number of ether oxygens (including phenoxy) is 1. The normalized spacial score (nSPS) is 29.0. The standard InChI is InChI=1S/C23H25N3O4/c1-13-5-6-16(9-14(13)2)26-12-23-8-7-18(29-23)19(20(23)22(26)28)21(27)25(4)11-17-10-15(3)24-30-17/h5-10,18-20H,11-12H2,1-4H3/t18-,19?,20?,23-/m1/s1. The van der Waals surface area contributed by atoms with Gasteiger partial charge in [-0.1, -0.05) is 23.4 Å². The molecule has 2 bridgehead atoms. The fraction of sp³-hybridized carbons (Fsp3) is 0.435. The van der Waals surface area contributed by atoms with Gasteiger partial charge in [0.15, 0.2) is 5.76 Å². The van der Waals surface area contributed by atoms with Crippen LogP contribution in [-0.4, -0.2) is 47.2 Å². The number of rotatable bonds is 4. The summed E-state index contributed by atoms with van der Waals surface area (Å²) in [5.41, 5.74) is 3.20. The van der Waals surface area contributed by atoms with Crippen molar-refractivity contribution in [2.45, 2.75) is 39.0 Å². The maximum absolute atomic E-state index is 13.5. The summed E-state index contributed by atoms with van der Waals surface area (Å²) in [4.78, 5) is 30.2. The average Bonchev–Trinajstić information content (AvgIpc) is 3.45. The number of amides is 2. The third-order valence-corrected chi connectivity index (χ3v) is 6.63. The van der Waals surface area contributed by atoms with E-state index in [9.17, 15) is 9.59 Å². The summed E-state index contributed by atoms with van der Waals surface area (Å²) in [5.74, 6) is -0.589. The number of hydrogen-bond donors (Lipinski definition) is 0. The number of hydrogen-bond acceptors (Lipinski definition) is 5. The van der Waals surface area contributed by atoms with Crippen molar-refractivity contribution in [3.05, 3.63) is 59.0 Å². The molecular weight excluding hydrogens is 382 g/mol. The van der Waals surface area contributed by atoms with Gasteiger partial charge in [0, 0.05) is 18.8 Å². The van der Waals surface area contributed by atoms with E-state index in [0.717, 1.165) is 16.9 Å². The molecule has 1 spiro atoms. The summed E-state index contributed by atoms with van der Waals surface area (Å²) in [7, 11) is 1.73. The van der Waals surface area contributed by atoms with E-state index in [1.165, 1.54) is 5.56 Å². The van der Waals surface area contributed by atoms with Crippen LogP contribution in [0.15, 0.2) is 40.9 Å². The number of anilines is 1. The summed E-state index contributed by atoms with van der Waals surface area (Å²) in [5, 5.41) is 3.88. The SMILES string of the molecule is Cc1cc(CN(C)C(=O)C2C3C(=O)N(c4ccc(C)c(C)c4)C[C@]34C=C[C@H]2O4)on1. The zero-order valence-electron chi connectivity index (χ0n) is 17.6. The molecule has 0 aliphatic carbocycles. The van der Waals surface area contributed by atoms with Crippen LogP contribution in [0, 0.1) is 32.6 Å². The Balaban J connectivity index is 1.42. The van der Waals surface area contributed by atoms with Crippen LogP contribution in [0.1, 0.15) is 22.6 Å². The Morgan fingerprint density at radius 3 is 2.77 bits per heavy atom. The van der Waals surface area contributed by atoms with Gasteiger partial charge in [0.1, 0.15) is 5.60 Å². The monoisotopic (exact) mass is 407 g/mol. The highest BCUT2D eigenvalue weighted by Gasteiger charge is 2.67. The number of aryl methyl sites for hydroxylation is 3. The molecule has 30 heavy (non-hydrogen) atoms. The van der Waals surface area contributed by atoms with Crippen LogP contribution < -0.4 is 4.90 Å². The molecule has 156 valence electrons. The van der Waals surface area contributed by atoms with E-state index in [1.807, 2.05) is 57.2 Å². The van der Waals surface area contributed by atoms with Crippen molar-refractivity contribution in [2.24, 2.45) is 11.8 Å². The predicted molar refractivity (Wildman–Crippen MR) is 110 cm³/mol. The summed E-state index contributed by atoms with van der Waals surface area (Å²) in [6.07, 6.45) is 3.54. The van der Waals surface area contributed by atoms with Gasteiger partial charge < -0.3 is 19.1 Å². The van der Waals surface area contributed by atoms with Crippen LogP contribution in [0.25, 0.3) is 0 Å². The molecule has 2 saturated heterocycles. The van der Waals surface area contributed by atoms with Crippen molar-refractivity contribution in [3.63, 3.8) is 0 Å². The zero-order valence-corrected chi connectivity index (χ0v) is 17.6. The molecule has 2 amide bonds. The Morgan fingerprint density at radius 1 is 1.27 bits per heavy atom. The lowest BCUT2D eigenvalue weighted by Gasteiger charge is -2.27. The Labute approximate surface area is 175 Å². The second kappa shape index (κ2) is 6.54. The smallest absolute Gasteiger partial charge is 0.234 e. The molecule has 1 aromatic carbocycles. The van der Waals surface area contributed by atoms with Crippen molar-refractivity contribution in [3.8, 4) is 0 Å². The van der Waals surface area contributed by atoms with E-state index < -0.39 is 17.4 Å². The van der Waals surface area contributed by atoms with E-state index in [4.69, 9.17) is 9.26 Å². The highest BCUT2D eigenvalue weighted by Crippen LogP contribution is 2.53. The molecule has 2 aromatic rings. The van der Waals surface area contributed by atoms with Crippen molar-refractivity contribution in [2.75, 3.05) is 18.5 Å². The number of aromatic nitrogens is 1. The molecule has 0 saturated carbocycles. The van der Waals surface area contributed by atoms with Crippen LogP contribution >= 0.6 is 0 Å². The first-order valence-electron chi connectivity index (χ1n) is 10.2. The molecule has 7 nitrogen and oxygen atoms in total. The van der Waals surface area contributed by atoms with Crippen molar-refractivity contribution in [1.29, 1.82) is 0 Å². The summed E-state index contributed by atoms with van der Waals surface area (Å²) < 4.78 is 11.5. The molecule has 3 aliphatic heterocycles. The Morgan fingerprint density at radius 2 is 2.07 bits per heavy atom. The first-order valence-corrected chi connectivity index (χ1v) is 10.2. The lowest BCUT2D eigenvalue weighted by Crippen LogP contribution is -2.44. The minimum atomic E-state index is -0.732. The second-order valence-corrected chi connectivity index (χ2v) is 8.72. The van der Waals surface area contributed by atoms with Gasteiger partial charge in [-0.3, -0.25) is 9.59 Å². The van der Waals surface area contributed by atoms with Crippen molar-refractivity contribution in [1.82, 2.24) is 10.1 Å². The highest BCUT2D eigenvalue weighted by atomic mass is 16.5. The molecule has 5 rings (SSSR count). The largest absolute Gasteiger partial charge is 0.360 e. The first-order chi connectivity index (χ1) is 14.3. The van der Waals surface area contributed by atoms with Gasteiger partial charge >= 0.3 is 0 Å². The van der Waals surface area contributed by atoms with Gasteiger partial charge in [-0.05, 0) is 44.0 Å². The summed E-state index contributed by atoms with van der Waals surface area (Å²) in [6.45, 7) is 6.66. The first kappa shape index (κ1) is 19.1. The minimum Gasteiger partial charge on any atom is -0.360 e. The van der Waals surface area contributed by atoms with Crippen LogP contribution in [0.3, 0.4) is 0 Å². The van der Waals surface area contributed by atoms with Gasteiger partial charge in [-0.25, -0.2) is 0 Å². The van der Waals surface area contributed by atoms with E-state index in [0.29, 0.717) is 18.8 Å². The average molecular weight is 407 g/mol. The van der Waals surface area contributed by atoms with Gasteiger partial charge in [0.2, 0.25) is 11.8 Å². The predicted octanol–water partition coefficient (Wildman–Crippen LogP) is 2.54. The fourth-order valence-corrected chi connectivity index (χ4v) is 4.95. The van der Waals surface area contributed by atoms with Crippen molar-refractivity contribution < 1.29 is 18.8 Å². The summed E-state index contributed by atoms with van der Waals surface area (Å²) >= 11 is 0. The van der Waals surface area contributed by atoms with Crippen LogP contribution in [-0.2, 0) is 20.9 Å². The molecule has 0 N–H and O–H groups in total. The molecular formula is C23H25N3O4. The highest BCUT2D eigenvalue weighted by molar-refractivity contribution is 6.03. The number of carbonyl (C=O) groups excluding carboxylic acids is 2. The lowest BCUT2D eigenvalue weighted by atomic mass is 9.76. The van der Waals surface area contributed by atoms with Crippen LogP contribution in [0.5, 0.6) is 0 Å². The maximum atomic E-state index is 13.5. The molecule has 3 aliphatic rings. The Kier molecular flexibility index (Phi) is 4.15. The molecule has 4 heterocycles. The minimum absolute atomic E-state index is 0.0487. The van der Waals surface area contributed by atoms with Crippen LogP contribution in [0.4, 0.5) is 5.69 Å². The summed E-state index contributed by atoms with van der Waals surface area (Å²) in [6, 6.07) is 7.82. The molecule has 2 fully saturated rings. The third kappa shape index (κ3) is 2.72. The fourth-order valence-electron chi connectivity index (χ4n) is 4.95. The molecule has 0 radical (unpaired) electrons. The topological polar surface area (TPSA) is 75.9 Å². The second-order valence-electron chi connectivity index (χ2n) is 8.72. The van der Waals surface area contributed by atoms with E-state index >= 15 is 0 Å². The van der Waals surface area contributed by atoms with Crippen molar-refractivity contribution >= 4 is 17.5 Å². The number of benzene rings is 1. The number of carbonyl (C=O) groups is 2. The molecule has 7 heteroatoms. The molecule has 1 aromatic heterocycles. The van der Waals surface area contributed by atoms with E-state index in [2.05, 4.69) is 5.16 Å². The van der Waals surface area contributed by atoms with Gasteiger partial charge in [0.05, 0.1) is 36.7 Å². The van der Waals surface area contributed by atoms with Crippen LogP contribution in [0.2, 0.25) is 0 Å². The zero-order chi connectivity index (χ0) is 21.2. The van der Waals surface area contributed by atoms with E-state index in [1.54, 1.807) is 16.8 Å². The maximum Gasteiger partial charge on any atom is 0.234 e. The number of nitrogens with zero attached hydrogens (tertiary/aromatic N) is 3.